The summed E-state index contributed by atoms with van der Waals surface area (Å²) in [4.78, 5) is 32.8. The summed E-state index contributed by atoms with van der Waals surface area (Å²) in [5.74, 6) is -0.754. The molecule has 140 valence electrons. The number of carbonyl (C=O) groups excluding carboxylic acids is 1. The normalized spacial score (nSPS) is 18.3. The molecule has 1 amide bonds. The van der Waals surface area contributed by atoms with E-state index in [0.717, 1.165) is 25.9 Å². The molecule has 1 aromatic heterocycles. The molecule has 1 aliphatic rings. The highest BCUT2D eigenvalue weighted by molar-refractivity contribution is 5.82. The summed E-state index contributed by atoms with van der Waals surface area (Å²) in [6, 6.07) is -0.162. The molecule has 0 aliphatic carbocycles. The van der Waals surface area contributed by atoms with Crippen LogP contribution in [0.2, 0.25) is 0 Å². The summed E-state index contributed by atoms with van der Waals surface area (Å²) >= 11 is 0. The Morgan fingerprint density at radius 2 is 1.84 bits per heavy atom. The van der Waals surface area contributed by atoms with E-state index in [0.29, 0.717) is 25.9 Å². The van der Waals surface area contributed by atoms with E-state index < -0.39 is 11.5 Å². The second kappa shape index (κ2) is 8.47. The fourth-order valence-electron chi connectivity index (χ4n) is 3.69. The maximum absolute atomic E-state index is 12.9. The Kier molecular flexibility index (Phi) is 6.58. The highest BCUT2D eigenvalue weighted by Crippen LogP contribution is 2.31. The molecular formula is C18H30N4O3. The lowest BCUT2D eigenvalue weighted by molar-refractivity contribution is -0.153. The Morgan fingerprint density at radius 3 is 2.28 bits per heavy atom. The van der Waals surface area contributed by atoms with Gasteiger partial charge in [0.2, 0.25) is 5.91 Å². The lowest BCUT2D eigenvalue weighted by Gasteiger charge is -2.41. The number of hydrogen-bond acceptors (Lipinski definition) is 4. The van der Waals surface area contributed by atoms with Gasteiger partial charge in [0.05, 0.1) is 12.4 Å². The van der Waals surface area contributed by atoms with Crippen molar-refractivity contribution in [2.75, 3.05) is 26.2 Å². The molecule has 1 atom stereocenters. The minimum absolute atomic E-state index is 0.103. The first kappa shape index (κ1) is 19.4. The van der Waals surface area contributed by atoms with Crippen LogP contribution in [-0.4, -0.2) is 68.6 Å². The van der Waals surface area contributed by atoms with Crippen LogP contribution in [0.1, 0.15) is 46.5 Å². The number of piperidine rings is 1. The summed E-state index contributed by atoms with van der Waals surface area (Å²) in [5.41, 5.74) is -0.997. The van der Waals surface area contributed by atoms with Crippen LogP contribution in [0.4, 0.5) is 0 Å². The van der Waals surface area contributed by atoms with Crippen LogP contribution in [0.15, 0.2) is 18.7 Å². The largest absolute Gasteiger partial charge is 0.479 e. The molecule has 7 heteroatoms. The lowest BCUT2D eigenvalue weighted by Crippen LogP contribution is -2.55. The predicted molar refractivity (Wildman–Crippen MR) is 95.3 cm³/mol. The minimum atomic E-state index is -0.997. The van der Waals surface area contributed by atoms with E-state index in [1.54, 1.807) is 23.3 Å². The van der Waals surface area contributed by atoms with Crippen molar-refractivity contribution in [3.05, 3.63) is 18.7 Å². The van der Waals surface area contributed by atoms with E-state index in [1.807, 2.05) is 11.8 Å². The fraction of sp³-hybridized carbons (Fsp3) is 0.722. The minimum Gasteiger partial charge on any atom is -0.479 e. The zero-order valence-electron chi connectivity index (χ0n) is 15.5. The second-order valence-electron chi connectivity index (χ2n) is 6.84. The van der Waals surface area contributed by atoms with Crippen molar-refractivity contribution in [2.45, 2.75) is 58.0 Å². The van der Waals surface area contributed by atoms with Crippen molar-refractivity contribution < 1.29 is 14.7 Å². The van der Waals surface area contributed by atoms with Crippen LogP contribution < -0.4 is 0 Å². The van der Waals surface area contributed by atoms with Gasteiger partial charge in [-0.2, -0.15) is 0 Å². The third-order valence-corrected chi connectivity index (χ3v) is 5.23. The van der Waals surface area contributed by atoms with Crippen LogP contribution in [0, 0.1) is 0 Å². The van der Waals surface area contributed by atoms with Gasteiger partial charge in [-0.05, 0) is 45.7 Å². The van der Waals surface area contributed by atoms with Gasteiger partial charge in [-0.3, -0.25) is 9.69 Å². The number of likely N-dealkylation sites (tertiary alicyclic amines) is 1. The maximum Gasteiger partial charge on any atom is 0.330 e. The number of carboxylic acid groups (broad SMARTS) is 1. The van der Waals surface area contributed by atoms with Gasteiger partial charge in [0.1, 0.15) is 5.54 Å². The fourth-order valence-corrected chi connectivity index (χ4v) is 3.69. The van der Waals surface area contributed by atoms with Crippen molar-refractivity contribution in [2.24, 2.45) is 0 Å². The number of aromatic nitrogens is 2. The molecule has 0 unspecified atom stereocenters. The van der Waals surface area contributed by atoms with Crippen LogP contribution in [0.25, 0.3) is 0 Å². The number of carbonyl (C=O) groups is 2. The number of amides is 1. The number of nitrogens with zero attached hydrogens (tertiary/aromatic N) is 4. The number of aliphatic carboxylic acids is 1. The molecule has 2 rings (SSSR count). The Labute approximate surface area is 149 Å². The van der Waals surface area contributed by atoms with Crippen LogP contribution in [-0.2, 0) is 15.1 Å². The van der Waals surface area contributed by atoms with E-state index in [9.17, 15) is 14.7 Å². The standard InChI is InChI=1S/C18H30N4O3/c1-4-9-20(10-5-2)15(3)16(23)21-11-6-18(7-12-21,17(24)25)22-13-8-19-14-22/h8,13-15H,4-7,9-12H2,1-3H3,(H,24,25)/t15-/m0/s1. The monoisotopic (exact) mass is 350 g/mol. The second-order valence-corrected chi connectivity index (χ2v) is 6.84. The smallest absolute Gasteiger partial charge is 0.330 e. The van der Waals surface area contributed by atoms with E-state index in [4.69, 9.17) is 0 Å². The molecular weight excluding hydrogens is 320 g/mol. The average molecular weight is 350 g/mol. The van der Waals surface area contributed by atoms with Crippen LogP contribution in [0.3, 0.4) is 0 Å². The lowest BCUT2D eigenvalue weighted by atomic mass is 9.87. The Balaban J connectivity index is 2.05. The first-order valence-electron chi connectivity index (χ1n) is 9.21. The van der Waals surface area contributed by atoms with Gasteiger partial charge in [0.25, 0.3) is 0 Å². The number of rotatable bonds is 8. The van der Waals surface area contributed by atoms with E-state index in [-0.39, 0.29) is 11.9 Å². The SMILES string of the molecule is CCCN(CCC)[C@@H](C)C(=O)N1CCC(C(=O)O)(n2ccnc2)CC1. The molecule has 1 saturated heterocycles. The summed E-state index contributed by atoms with van der Waals surface area (Å²) in [5, 5.41) is 9.76. The first-order chi connectivity index (χ1) is 12.0. The van der Waals surface area contributed by atoms with Crippen LogP contribution >= 0.6 is 0 Å². The van der Waals surface area contributed by atoms with Crippen molar-refractivity contribution in [1.82, 2.24) is 19.4 Å². The molecule has 0 aromatic carbocycles. The first-order valence-corrected chi connectivity index (χ1v) is 9.21. The van der Waals surface area contributed by atoms with E-state index in [2.05, 4.69) is 23.7 Å². The van der Waals surface area contributed by atoms with Crippen molar-refractivity contribution in [1.29, 1.82) is 0 Å². The number of carboxylic acids is 1. The molecule has 1 fully saturated rings. The Morgan fingerprint density at radius 1 is 1.24 bits per heavy atom. The van der Waals surface area contributed by atoms with Gasteiger partial charge >= 0.3 is 5.97 Å². The topological polar surface area (TPSA) is 78.7 Å². The Hall–Kier alpha value is -1.89. The molecule has 0 radical (unpaired) electrons. The summed E-state index contributed by atoms with van der Waals surface area (Å²) < 4.78 is 1.67. The molecule has 2 heterocycles. The van der Waals surface area contributed by atoms with Gasteiger partial charge in [0, 0.05) is 25.5 Å². The molecule has 1 N–H and O–H groups in total. The molecule has 0 saturated carbocycles. The molecule has 7 nitrogen and oxygen atoms in total. The maximum atomic E-state index is 12.9. The Bertz CT molecular complexity index is 559. The zero-order chi connectivity index (χ0) is 18.4. The third kappa shape index (κ3) is 4.03. The molecule has 0 bridgehead atoms. The van der Waals surface area contributed by atoms with Crippen LogP contribution in [0.5, 0.6) is 0 Å². The van der Waals surface area contributed by atoms with Gasteiger partial charge in [-0.1, -0.05) is 13.8 Å². The van der Waals surface area contributed by atoms with Gasteiger partial charge in [-0.25, -0.2) is 9.78 Å². The number of imidazole rings is 1. The molecule has 1 aliphatic heterocycles. The van der Waals surface area contributed by atoms with Crippen molar-refractivity contribution in [3.63, 3.8) is 0 Å². The number of hydrogen-bond donors (Lipinski definition) is 1. The third-order valence-electron chi connectivity index (χ3n) is 5.23. The van der Waals surface area contributed by atoms with Crippen molar-refractivity contribution in [3.8, 4) is 0 Å². The predicted octanol–water partition coefficient (Wildman–Crippen LogP) is 1.80. The van der Waals surface area contributed by atoms with E-state index >= 15 is 0 Å². The average Bonchev–Trinajstić information content (AvgIpc) is 3.15. The quantitative estimate of drug-likeness (QED) is 0.773. The van der Waals surface area contributed by atoms with Gasteiger partial charge in [-0.15, -0.1) is 0 Å². The van der Waals surface area contributed by atoms with Crippen molar-refractivity contribution >= 4 is 11.9 Å². The summed E-state index contributed by atoms with van der Waals surface area (Å²) in [6.07, 6.45) is 7.67. The molecule has 0 spiro atoms. The highest BCUT2D eigenvalue weighted by atomic mass is 16.4. The molecule has 1 aromatic rings. The van der Waals surface area contributed by atoms with E-state index in [1.165, 1.54) is 0 Å². The summed E-state index contributed by atoms with van der Waals surface area (Å²) in [7, 11) is 0. The summed E-state index contributed by atoms with van der Waals surface area (Å²) in [6.45, 7) is 8.92. The zero-order valence-corrected chi connectivity index (χ0v) is 15.5. The van der Waals surface area contributed by atoms with Gasteiger partial charge < -0.3 is 14.6 Å². The molecule has 25 heavy (non-hydrogen) atoms. The van der Waals surface area contributed by atoms with Gasteiger partial charge in [0.15, 0.2) is 0 Å². The highest BCUT2D eigenvalue weighted by Gasteiger charge is 2.44.